The van der Waals surface area contributed by atoms with E-state index in [9.17, 15) is 0 Å². The first-order valence-corrected chi connectivity index (χ1v) is 8.79. The summed E-state index contributed by atoms with van der Waals surface area (Å²) in [7, 11) is 0. The Balaban J connectivity index is 1.82. The molecule has 106 valence electrons. The molecule has 19 heavy (non-hydrogen) atoms. The van der Waals surface area contributed by atoms with Crippen LogP contribution in [-0.2, 0) is 6.42 Å². The van der Waals surface area contributed by atoms with Crippen molar-refractivity contribution in [2.45, 2.75) is 63.6 Å². The molecule has 1 atom stereocenters. The molecule has 1 unspecified atom stereocenters. The van der Waals surface area contributed by atoms with Gasteiger partial charge in [-0.3, -0.25) is 0 Å². The number of hydrogen-bond acceptors (Lipinski definition) is 0. The molecule has 0 spiro atoms. The van der Waals surface area contributed by atoms with Crippen molar-refractivity contribution in [3.63, 3.8) is 0 Å². The van der Waals surface area contributed by atoms with Gasteiger partial charge in [-0.1, -0.05) is 79.7 Å². The van der Waals surface area contributed by atoms with Crippen LogP contribution in [0.2, 0.25) is 0 Å². The molecule has 0 nitrogen and oxygen atoms in total. The van der Waals surface area contributed by atoms with Gasteiger partial charge in [0.1, 0.15) is 0 Å². The van der Waals surface area contributed by atoms with Crippen LogP contribution in [0.1, 0.15) is 68.3 Å². The molecular formula is C18H27Br. The molecule has 0 aliphatic heterocycles. The topological polar surface area (TPSA) is 0 Å². The van der Waals surface area contributed by atoms with Crippen molar-refractivity contribution in [3.05, 3.63) is 35.4 Å². The first-order chi connectivity index (χ1) is 9.15. The highest BCUT2D eigenvalue weighted by molar-refractivity contribution is 9.09. The van der Waals surface area contributed by atoms with Crippen molar-refractivity contribution in [1.29, 1.82) is 0 Å². The van der Waals surface area contributed by atoms with Gasteiger partial charge in [-0.2, -0.15) is 0 Å². The van der Waals surface area contributed by atoms with Gasteiger partial charge in [-0.15, -0.1) is 0 Å². The summed E-state index contributed by atoms with van der Waals surface area (Å²) in [4.78, 5) is 0.543. The Labute approximate surface area is 127 Å². The van der Waals surface area contributed by atoms with Gasteiger partial charge in [0.2, 0.25) is 0 Å². The molecule has 1 heteroatoms. The number of halogens is 1. The second-order valence-corrected chi connectivity index (χ2v) is 7.64. The summed E-state index contributed by atoms with van der Waals surface area (Å²) < 4.78 is 0. The third-order valence-electron chi connectivity index (χ3n) is 4.29. The highest BCUT2D eigenvalue weighted by Crippen LogP contribution is 2.34. The van der Waals surface area contributed by atoms with Gasteiger partial charge < -0.3 is 0 Å². The van der Waals surface area contributed by atoms with Crippen molar-refractivity contribution in [2.24, 2.45) is 11.8 Å². The smallest absolute Gasteiger partial charge is 0.0395 e. The molecule has 1 fully saturated rings. The molecular weight excluding hydrogens is 296 g/mol. The fraction of sp³-hybridized carbons (Fsp3) is 0.667. The molecule has 1 aliphatic rings. The number of alkyl halides is 1. The molecule has 0 aromatic heterocycles. The summed E-state index contributed by atoms with van der Waals surface area (Å²) >= 11 is 3.87. The average molecular weight is 323 g/mol. The van der Waals surface area contributed by atoms with E-state index < -0.39 is 0 Å². The predicted octanol–water partition coefficient (Wildman–Crippen LogP) is 6.29. The highest BCUT2D eigenvalue weighted by Gasteiger charge is 2.17. The lowest BCUT2D eigenvalue weighted by Crippen LogP contribution is -1.98. The summed E-state index contributed by atoms with van der Waals surface area (Å²) in [6.45, 7) is 4.56. The standard InChI is InChI=1S/C18H27Br/c1-14(2)13-16-7-10-17(11-8-16)18(19)12-9-15-5-3-4-6-15/h7-8,10-11,14-15,18H,3-6,9,12-13H2,1-2H3. The summed E-state index contributed by atoms with van der Waals surface area (Å²) in [5.74, 6) is 1.74. The van der Waals surface area contributed by atoms with E-state index in [1.54, 1.807) is 0 Å². The molecule has 2 rings (SSSR count). The first-order valence-electron chi connectivity index (χ1n) is 7.88. The van der Waals surface area contributed by atoms with Gasteiger partial charge >= 0.3 is 0 Å². The Kier molecular flexibility index (Phi) is 5.94. The quantitative estimate of drug-likeness (QED) is 0.540. The minimum atomic E-state index is 0.543. The van der Waals surface area contributed by atoms with Crippen LogP contribution < -0.4 is 0 Å². The Hall–Kier alpha value is -0.300. The maximum atomic E-state index is 3.87. The lowest BCUT2D eigenvalue weighted by Gasteiger charge is -2.14. The zero-order chi connectivity index (χ0) is 13.7. The lowest BCUT2D eigenvalue weighted by molar-refractivity contribution is 0.483. The molecule has 0 bridgehead atoms. The number of hydrogen-bond donors (Lipinski definition) is 0. The lowest BCUT2D eigenvalue weighted by atomic mass is 9.97. The second-order valence-electron chi connectivity index (χ2n) is 6.53. The third kappa shape index (κ3) is 4.95. The first kappa shape index (κ1) is 15.1. The van der Waals surface area contributed by atoms with E-state index in [1.165, 1.54) is 56.1 Å². The van der Waals surface area contributed by atoms with Gasteiger partial charge in [0.25, 0.3) is 0 Å². The fourth-order valence-corrected chi connectivity index (χ4v) is 3.75. The number of rotatable bonds is 6. The van der Waals surface area contributed by atoms with Crippen LogP contribution in [0.5, 0.6) is 0 Å². The van der Waals surface area contributed by atoms with Gasteiger partial charge in [0.15, 0.2) is 0 Å². The van der Waals surface area contributed by atoms with E-state index >= 15 is 0 Å². The zero-order valence-electron chi connectivity index (χ0n) is 12.4. The van der Waals surface area contributed by atoms with E-state index in [-0.39, 0.29) is 0 Å². The molecule has 0 radical (unpaired) electrons. The third-order valence-corrected chi connectivity index (χ3v) is 5.27. The minimum Gasteiger partial charge on any atom is -0.0839 e. The van der Waals surface area contributed by atoms with Gasteiger partial charge in [-0.25, -0.2) is 0 Å². The molecule has 1 saturated carbocycles. The van der Waals surface area contributed by atoms with Crippen LogP contribution in [-0.4, -0.2) is 0 Å². The molecule has 0 N–H and O–H groups in total. The molecule has 0 saturated heterocycles. The SMILES string of the molecule is CC(C)Cc1ccc(C(Br)CCC2CCCC2)cc1. The summed E-state index contributed by atoms with van der Waals surface area (Å²) in [5, 5.41) is 0. The Morgan fingerprint density at radius 2 is 1.74 bits per heavy atom. The van der Waals surface area contributed by atoms with Crippen LogP contribution >= 0.6 is 15.9 Å². The van der Waals surface area contributed by atoms with E-state index in [0.717, 1.165) is 11.8 Å². The average Bonchev–Trinajstić information content (AvgIpc) is 2.89. The van der Waals surface area contributed by atoms with E-state index in [2.05, 4.69) is 54.0 Å². The molecule has 0 heterocycles. The number of benzene rings is 1. The fourth-order valence-electron chi connectivity index (χ4n) is 3.18. The largest absolute Gasteiger partial charge is 0.0839 e. The highest BCUT2D eigenvalue weighted by atomic mass is 79.9. The van der Waals surface area contributed by atoms with E-state index in [0.29, 0.717) is 4.83 Å². The summed E-state index contributed by atoms with van der Waals surface area (Å²) in [6, 6.07) is 9.23. The Morgan fingerprint density at radius 1 is 1.11 bits per heavy atom. The monoisotopic (exact) mass is 322 g/mol. The Bertz CT molecular complexity index is 360. The molecule has 1 aromatic carbocycles. The van der Waals surface area contributed by atoms with Gasteiger partial charge in [-0.05, 0) is 42.2 Å². The molecule has 0 amide bonds. The minimum absolute atomic E-state index is 0.543. The summed E-state index contributed by atoms with van der Waals surface area (Å²) in [6.07, 6.45) is 9.72. The van der Waals surface area contributed by atoms with Gasteiger partial charge in [0, 0.05) is 4.83 Å². The van der Waals surface area contributed by atoms with E-state index in [4.69, 9.17) is 0 Å². The van der Waals surface area contributed by atoms with Crippen LogP contribution in [0.25, 0.3) is 0 Å². The van der Waals surface area contributed by atoms with E-state index in [1.807, 2.05) is 0 Å². The Morgan fingerprint density at radius 3 is 2.32 bits per heavy atom. The maximum Gasteiger partial charge on any atom is 0.0395 e. The predicted molar refractivity (Wildman–Crippen MR) is 87.8 cm³/mol. The van der Waals surface area contributed by atoms with Crippen LogP contribution in [0.4, 0.5) is 0 Å². The maximum absolute atomic E-state index is 3.87. The van der Waals surface area contributed by atoms with Crippen molar-refractivity contribution >= 4 is 15.9 Å². The zero-order valence-corrected chi connectivity index (χ0v) is 14.0. The normalized spacial score (nSPS) is 18.1. The molecule has 1 aromatic rings. The van der Waals surface area contributed by atoms with Crippen molar-refractivity contribution < 1.29 is 0 Å². The second kappa shape index (κ2) is 7.47. The molecule has 1 aliphatic carbocycles. The van der Waals surface area contributed by atoms with Crippen LogP contribution in [0.15, 0.2) is 24.3 Å². The van der Waals surface area contributed by atoms with Crippen LogP contribution in [0, 0.1) is 11.8 Å². The van der Waals surface area contributed by atoms with Crippen molar-refractivity contribution in [3.8, 4) is 0 Å². The van der Waals surface area contributed by atoms with Gasteiger partial charge in [0.05, 0.1) is 0 Å². The van der Waals surface area contributed by atoms with Crippen LogP contribution in [0.3, 0.4) is 0 Å². The van der Waals surface area contributed by atoms with Crippen molar-refractivity contribution in [1.82, 2.24) is 0 Å². The summed E-state index contributed by atoms with van der Waals surface area (Å²) in [5.41, 5.74) is 2.92. The van der Waals surface area contributed by atoms with Crippen molar-refractivity contribution in [2.75, 3.05) is 0 Å².